The predicted octanol–water partition coefficient (Wildman–Crippen LogP) is 3.13. The summed E-state index contributed by atoms with van der Waals surface area (Å²) in [6.07, 6.45) is 0.799. The zero-order valence-corrected chi connectivity index (χ0v) is 14.0. The number of hydrogen-bond donors (Lipinski definition) is 2. The largest absolute Gasteiger partial charge is 0.490 e. The topological polar surface area (TPSA) is 41.5 Å². The molecule has 0 saturated heterocycles. The van der Waals surface area contributed by atoms with Gasteiger partial charge in [-0.2, -0.15) is 0 Å². The molecule has 0 bridgehead atoms. The third kappa shape index (κ3) is 4.47. The lowest BCUT2D eigenvalue weighted by molar-refractivity contribution is 0.105. The molecule has 0 radical (unpaired) electrons. The highest BCUT2D eigenvalue weighted by molar-refractivity contribution is 9.10. The minimum absolute atomic E-state index is 0.308. The van der Waals surface area contributed by atoms with Crippen LogP contribution in [-0.4, -0.2) is 30.9 Å². The molecule has 4 heteroatoms. The molecule has 0 aliphatic heterocycles. The summed E-state index contributed by atoms with van der Waals surface area (Å²) in [5.74, 6) is 1.53. The van der Waals surface area contributed by atoms with Gasteiger partial charge in [0.05, 0.1) is 4.47 Å². The number of benzene rings is 1. The second kappa shape index (κ2) is 6.46. The summed E-state index contributed by atoms with van der Waals surface area (Å²) >= 11 is 3.47. The second-order valence-electron chi connectivity index (χ2n) is 6.45. The maximum absolute atomic E-state index is 9.92. The summed E-state index contributed by atoms with van der Waals surface area (Å²) in [7, 11) is 0. The van der Waals surface area contributed by atoms with Gasteiger partial charge in [-0.1, -0.05) is 19.9 Å². The number of rotatable bonds is 7. The SMILES string of the molecule is Cc1ccc(OCC(O)CNCC2CC2(C)C)c(Br)c1. The Hall–Kier alpha value is -0.580. The van der Waals surface area contributed by atoms with E-state index in [1.165, 1.54) is 12.0 Å². The molecule has 2 unspecified atom stereocenters. The summed E-state index contributed by atoms with van der Waals surface area (Å²) in [5, 5.41) is 13.2. The number of halogens is 1. The number of ether oxygens (including phenoxy) is 1. The summed E-state index contributed by atoms with van der Waals surface area (Å²) < 4.78 is 6.56. The fraction of sp³-hybridized carbons (Fsp3) is 0.625. The average molecular weight is 342 g/mol. The van der Waals surface area contributed by atoms with Crippen molar-refractivity contribution >= 4 is 15.9 Å². The third-order valence-corrected chi connectivity index (χ3v) is 4.63. The zero-order valence-electron chi connectivity index (χ0n) is 12.4. The number of hydrogen-bond acceptors (Lipinski definition) is 3. The van der Waals surface area contributed by atoms with Crippen LogP contribution in [0.15, 0.2) is 22.7 Å². The van der Waals surface area contributed by atoms with Crippen LogP contribution in [0.1, 0.15) is 25.8 Å². The highest BCUT2D eigenvalue weighted by atomic mass is 79.9. The van der Waals surface area contributed by atoms with Crippen molar-refractivity contribution in [3.63, 3.8) is 0 Å². The van der Waals surface area contributed by atoms with Crippen LogP contribution >= 0.6 is 15.9 Å². The minimum Gasteiger partial charge on any atom is -0.490 e. The molecule has 2 N–H and O–H groups in total. The van der Waals surface area contributed by atoms with Gasteiger partial charge in [0.15, 0.2) is 0 Å². The number of aryl methyl sites for hydroxylation is 1. The van der Waals surface area contributed by atoms with E-state index in [0.29, 0.717) is 18.6 Å². The van der Waals surface area contributed by atoms with Gasteiger partial charge in [0.25, 0.3) is 0 Å². The summed E-state index contributed by atoms with van der Waals surface area (Å²) in [6, 6.07) is 5.93. The Labute approximate surface area is 129 Å². The first-order valence-corrected chi connectivity index (χ1v) is 7.95. The Kier molecular flexibility index (Phi) is 5.10. The molecule has 1 aromatic carbocycles. The van der Waals surface area contributed by atoms with E-state index in [1.54, 1.807) is 0 Å². The lowest BCUT2D eigenvalue weighted by Crippen LogP contribution is -2.33. The average Bonchev–Trinajstić information content (AvgIpc) is 2.96. The molecule has 0 heterocycles. The van der Waals surface area contributed by atoms with Crippen LogP contribution in [0.3, 0.4) is 0 Å². The van der Waals surface area contributed by atoms with Crippen LogP contribution in [0.2, 0.25) is 0 Å². The van der Waals surface area contributed by atoms with Gasteiger partial charge >= 0.3 is 0 Å². The molecule has 1 aromatic rings. The fourth-order valence-corrected chi connectivity index (χ4v) is 2.92. The normalized spacial score (nSPS) is 21.6. The maximum atomic E-state index is 9.92. The van der Waals surface area contributed by atoms with E-state index < -0.39 is 6.10 Å². The van der Waals surface area contributed by atoms with Gasteiger partial charge in [-0.15, -0.1) is 0 Å². The summed E-state index contributed by atoms with van der Waals surface area (Å²) in [4.78, 5) is 0. The van der Waals surface area contributed by atoms with Crippen LogP contribution in [0, 0.1) is 18.3 Å². The molecule has 112 valence electrons. The quantitative estimate of drug-likeness (QED) is 0.800. The molecule has 3 nitrogen and oxygen atoms in total. The summed E-state index contributed by atoms with van der Waals surface area (Å²) in [5.41, 5.74) is 1.67. The van der Waals surface area contributed by atoms with Gasteiger partial charge in [-0.05, 0) is 64.8 Å². The molecule has 1 aliphatic carbocycles. The molecule has 1 fully saturated rings. The van der Waals surface area contributed by atoms with Gasteiger partial charge in [0.2, 0.25) is 0 Å². The molecule has 0 spiro atoms. The number of nitrogens with one attached hydrogen (secondary N) is 1. The lowest BCUT2D eigenvalue weighted by atomic mass is 10.1. The first-order valence-electron chi connectivity index (χ1n) is 7.16. The molecule has 2 atom stereocenters. The van der Waals surface area contributed by atoms with E-state index >= 15 is 0 Å². The van der Waals surface area contributed by atoms with E-state index in [0.717, 1.165) is 22.7 Å². The van der Waals surface area contributed by atoms with Crippen LogP contribution < -0.4 is 10.1 Å². The Morgan fingerprint density at radius 3 is 2.80 bits per heavy atom. The van der Waals surface area contributed by atoms with Crippen molar-refractivity contribution < 1.29 is 9.84 Å². The van der Waals surface area contributed by atoms with Crippen molar-refractivity contribution in [1.82, 2.24) is 5.32 Å². The van der Waals surface area contributed by atoms with Crippen molar-refractivity contribution in [1.29, 1.82) is 0 Å². The lowest BCUT2D eigenvalue weighted by Gasteiger charge is -2.14. The van der Waals surface area contributed by atoms with E-state index in [2.05, 4.69) is 35.1 Å². The molecular formula is C16H24BrNO2. The van der Waals surface area contributed by atoms with Crippen LogP contribution in [-0.2, 0) is 0 Å². The Morgan fingerprint density at radius 2 is 2.20 bits per heavy atom. The Balaban J connectivity index is 1.66. The smallest absolute Gasteiger partial charge is 0.133 e. The van der Waals surface area contributed by atoms with E-state index in [1.807, 2.05) is 25.1 Å². The predicted molar refractivity (Wildman–Crippen MR) is 85.1 cm³/mol. The van der Waals surface area contributed by atoms with Crippen LogP contribution in [0.25, 0.3) is 0 Å². The molecule has 20 heavy (non-hydrogen) atoms. The van der Waals surface area contributed by atoms with Crippen molar-refractivity contribution in [3.05, 3.63) is 28.2 Å². The van der Waals surface area contributed by atoms with Crippen molar-refractivity contribution in [2.75, 3.05) is 19.7 Å². The van der Waals surface area contributed by atoms with Gasteiger partial charge in [0.1, 0.15) is 18.5 Å². The van der Waals surface area contributed by atoms with Crippen molar-refractivity contribution in [2.45, 2.75) is 33.3 Å². The monoisotopic (exact) mass is 341 g/mol. The number of aliphatic hydroxyl groups excluding tert-OH is 1. The third-order valence-electron chi connectivity index (χ3n) is 4.01. The minimum atomic E-state index is -0.481. The summed E-state index contributed by atoms with van der Waals surface area (Å²) in [6.45, 7) is 8.48. The van der Waals surface area contributed by atoms with Crippen LogP contribution in [0.5, 0.6) is 5.75 Å². The second-order valence-corrected chi connectivity index (χ2v) is 7.30. The maximum Gasteiger partial charge on any atom is 0.133 e. The van der Waals surface area contributed by atoms with Crippen LogP contribution in [0.4, 0.5) is 0 Å². The molecular weight excluding hydrogens is 318 g/mol. The highest BCUT2D eigenvalue weighted by Gasteiger charge is 2.44. The highest BCUT2D eigenvalue weighted by Crippen LogP contribution is 2.50. The standard InChI is InChI=1S/C16H24BrNO2/c1-11-4-5-15(14(17)6-11)20-10-13(19)9-18-8-12-7-16(12,2)3/h4-6,12-13,18-19H,7-10H2,1-3H3. The first kappa shape index (κ1) is 15.8. The zero-order chi connectivity index (χ0) is 14.8. The van der Waals surface area contributed by atoms with E-state index in [9.17, 15) is 5.11 Å². The van der Waals surface area contributed by atoms with Gasteiger partial charge in [0, 0.05) is 6.54 Å². The first-order chi connectivity index (χ1) is 9.38. The Morgan fingerprint density at radius 1 is 1.50 bits per heavy atom. The molecule has 1 aliphatic rings. The molecule has 2 rings (SSSR count). The van der Waals surface area contributed by atoms with E-state index in [-0.39, 0.29) is 0 Å². The molecule has 0 amide bonds. The Bertz CT molecular complexity index is 462. The van der Waals surface area contributed by atoms with Gasteiger partial charge in [-0.25, -0.2) is 0 Å². The van der Waals surface area contributed by atoms with E-state index in [4.69, 9.17) is 4.74 Å². The van der Waals surface area contributed by atoms with Gasteiger partial charge in [-0.3, -0.25) is 0 Å². The molecule has 1 saturated carbocycles. The number of aliphatic hydroxyl groups is 1. The van der Waals surface area contributed by atoms with Gasteiger partial charge < -0.3 is 15.2 Å². The van der Waals surface area contributed by atoms with Crippen molar-refractivity contribution in [3.8, 4) is 5.75 Å². The fourth-order valence-electron chi connectivity index (χ4n) is 2.32. The molecule has 0 aromatic heterocycles. The van der Waals surface area contributed by atoms with Crippen molar-refractivity contribution in [2.24, 2.45) is 11.3 Å².